The molecule has 0 aliphatic rings. The molecular weight excluding hydrogens is 187 g/mol. The first-order valence-electron chi connectivity index (χ1n) is 3.62. The van der Waals surface area contributed by atoms with Crippen LogP contribution >= 0.6 is 0 Å². The van der Waals surface area contributed by atoms with E-state index >= 15 is 0 Å². The summed E-state index contributed by atoms with van der Waals surface area (Å²) in [6.07, 6.45) is -4.29. The Kier molecular flexibility index (Phi) is 4.19. The lowest BCUT2D eigenvalue weighted by Crippen LogP contribution is -2.42. The van der Waals surface area contributed by atoms with E-state index < -0.39 is 24.7 Å². The van der Waals surface area contributed by atoms with E-state index in [0.29, 0.717) is 0 Å². The zero-order valence-electron chi connectivity index (χ0n) is 7.68. The van der Waals surface area contributed by atoms with Crippen LogP contribution in [0.4, 0.5) is 13.2 Å². The van der Waals surface area contributed by atoms with Crippen molar-refractivity contribution in [2.24, 2.45) is 0 Å². The highest BCUT2D eigenvalue weighted by molar-refractivity contribution is 5.75. The molecule has 0 radical (unpaired) electrons. The molecule has 0 N–H and O–H groups in total. The molecule has 0 aromatic carbocycles. The maximum absolute atomic E-state index is 11.8. The van der Waals surface area contributed by atoms with Crippen molar-refractivity contribution in [3.63, 3.8) is 0 Å². The molecule has 1 unspecified atom stereocenters. The first-order chi connectivity index (χ1) is 5.78. The fourth-order valence-corrected chi connectivity index (χ4v) is 0.770. The van der Waals surface area contributed by atoms with E-state index in [1.165, 1.54) is 14.0 Å². The number of halogens is 3. The third-order valence-electron chi connectivity index (χ3n) is 1.63. The maximum Gasteiger partial charge on any atom is 0.401 e. The molecule has 0 aromatic rings. The summed E-state index contributed by atoms with van der Waals surface area (Å²) in [7, 11) is 2.36. The number of carbonyl (C=O) groups is 1. The number of hydrogen-bond donors (Lipinski definition) is 0. The molecule has 1 atom stereocenters. The zero-order valence-corrected chi connectivity index (χ0v) is 7.68. The molecule has 0 spiro atoms. The molecule has 0 fully saturated rings. The summed E-state index contributed by atoms with van der Waals surface area (Å²) in [4.78, 5) is 11.7. The summed E-state index contributed by atoms with van der Waals surface area (Å²) >= 11 is 0. The smallest absolute Gasteiger partial charge is 0.401 e. The molecule has 0 aliphatic heterocycles. The summed E-state index contributed by atoms with van der Waals surface area (Å²) in [6.45, 7) is 0.237. The summed E-state index contributed by atoms with van der Waals surface area (Å²) < 4.78 is 39.8. The first-order valence-corrected chi connectivity index (χ1v) is 3.62. The van der Waals surface area contributed by atoms with Crippen LogP contribution in [-0.4, -0.2) is 43.8 Å². The van der Waals surface area contributed by atoms with Gasteiger partial charge in [-0.05, 0) is 14.0 Å². The van der Waals surface area contributed by atoms with Crippen LogP contribution < -0.4 is 0 Å². The number of carbonyl (C=O) groups excluding carboxylic acids is 1. The number of alkyl halides is 3. The van der Waals surface area contributed by atoms with Crippen LogP contribution in [0.2, 0.25) is 0 Å². The highest BCUT2D eigenvalue weighted by Crippen LogP contribution is 2.16. The van der Waals surface area contributed by atoms with Crippen molar-refractivity contribution in [2.75, 3.05) is 20.7 Å². The Morgan fingerprint density at radius 1 is 1.54 bits per heavy atom. The van der Waals surface area contributed by atoms with Crippen molar-refractivity contribution in [1.29, 1.82) is 0 Å². The quantitative estimate of drug-likeness (QED) is 0.636. The van der Waals surface area contributed by atoms with Crippen LogP contribution in [0.15, 0.2) is 0 Å². The molecule has 0 saturated carbocycles. The van der Waals surface area contributed by atoms with Gasteiger partial charge >= 0.3 is 12.1 Å². The fraction of sp³-hybridized carbons (Fsp3) is 0.857. The third-order valence-corrected chi connectivity index (χ3v) is 1.63. The average molecular weight is 199 g/mol. The SMILES string of the molecule is COC(=O)C(C)N(C)CC(F)(F)F. The minimum absolute atomic E-state index is 0.674. The van der Waals surface area contributed by atoms with E-state index in [-0.39, 0.29) is 0 Å². The Bertz CT molecular complexity index is 181. The van der Waals surface area contributed by atoms with Gasteiger partial charge in [-0.15, -0.1) is 0 Å². The number of hydrogen-bond acceptors (Lipinski definition) is 3. The van der Waals surface area contributed by atoms with Gasteiger partial charge in [0.2, 0.25) is 0 Å². The van der Waals surface area contributed by atoms with Gasteiger partial charge in [-0.25, -0.2) is 0 Å². The summed E-state index contributed by atoms with van der Waals surface area (Å²) in [5.74, 6) is -0.674. The minimum Gasteiger partial charge on any atom is -0.468 e. The van der Waals surface area contributed by atoms with E-state index in [1.54, 1.807) is 0 Å². The number of methoxy groups -OCH3 is 1. The van der Waals surface area contributed by atoms with Crippen LogP contribution in [0.3, 0.4) is 0 Å². The van der Waals surface area contributed by atoms with Crippen molar-refractivity contribution in [3.8, 4) is 0 Å². The van der Waals surface area contributed by atoms with E-state index in [0.717, 1.165) is 12.0 Å². The largest absolute Gasteiger partial charge is 0.468 e. The first kappa shape index (κ1) is 12.2. The van der Waals surface area contributed by atoms with Crippen molar-refractivity contribution in [3.05, 3.63) is 0 Å². The molecule has 0 aromatic heterocycles. The van der Waals surface area contributed by atoms with Crippen LogP contribution in [0.1, 0.15) is 6.92 Å². The predicted octanol–water partition coefficient (Wildman–Crippen LogP) is 1.04. The Hall–Kier alpha value is -0.780. The Morgan fingerprint density at radius 2 is 2.00 bits per heavy atom. The van der Waals surface area contributed by atoms with Gasteiger partial charge in [0.25, 0.3) is 0 Å². The molecule has 78 valence electrons. The lowest BCUT2D eigenvalue weighted by atomic mass is 10.3. The lowest BCUT2D eigenvalue weighted by Gasteiger charge is -2.23. The Balaban J connectivity index is 4.11. The summed E-state index contributed by atoms with van der Waals surface area (Å²) in [6, 6.07) is -0.883. The summed E-state index contributed by atoms with van der Waals surface area (Å²) in [5.41, 5.74) is 0. The van der Waals surface area contributed by atoms with Gasteiger partial charge in [0.05, 0.1) is 13.7 Å². The molecule has 0 bridgehead atoms. The minimum atomic E-state index is -4.29. The molecule has 0 rings (SSSR count). The number of nitrogens with zero attached hydrogens (tertiary/aromatic N) is 1. The second kappa shape index (κ2) is 4.45. The molecule has 0 saturated heterocycles. The predicted molar refractivity (Wildman–Crippen MR) is 40.2 cm³/mol. The zero-order chi connectivity index (χ0) is 10.6. The Morgan fingerprint density at radius 3 is 2.31 bits per heavy atom. The van der Waals surface area contributed by atoms with E-state index in [1.807, 2.05) is 0 Å². The van der Waals surface area contributed by atoms with Gasteiger partial charge in [0.1, 0.15) is 6.04 Å². The number of esters is 1. The lowest BCUT2D eigenvalue weighted by molar-refractivity contribution is -0.159. The number of rotatable bonds is 3. The van der Waals surface area contributed by atoms with E-state index in [4.69, 9.17) is 0 Å². The van der Waals surface area contributed by atoms with Gasteiger partial charge in [-0.2, -0.15) is 13.2 Å². The monoisotopic (exact) mass is 199 g/mol. The van der Waals surface area contributed by atoms with Crippen LogP contribution in [0, 0.1) is 0 Å². The third kappa shape index (κ3) is 4.72. The maximum atomic E-state index is 11.8. The van der Waals surface area contributed by atoms with Gasteiger partial charge in [0, 0.05) is 0 Å². The van der Waals surface area contributed by atoms with Crippen molar-refractivity contribution >= 4 is 5.97 Å². The van der Waals surface area contributed by atoms with Crippen LogP contribution in [0.5, 0.6) is 0 Å². The van der Waals surface area contributed by atoms with Crippen molar-refractivity contribution < 1.29 is 22.7 Å². The molecule has 13 heavy (non-hydrogen) atoms. The van der Waals surface area contributed by atoms with Crippen LogP contribution in [0.25, 0.3) is 0 Å². The van der Waals surface area contributed by atoms with Crippen molar-refractivity contribution in [1.82, 2.24) is 4.90 Å². The fourth-order valence-electron chi connectivity index (χ4n) is 0.770. The summed E-state index contributed by atoms with van der Waals surface area (Å²) in [5, 5.41) is 0. The number of ether oxygens (including phenoxy) is 1. The second-order valence-corrected chi connectivity index (χ2v) is 2.73. The highest BCUT2D eigenvalue weighted by atomic mass is 19.4. The average Bonchev–Trinajstić information content (AvgIpc) is 1.98. The molecular formula is C7H12F3NO2. The standard InChI is InChI=1S/C7H12F3NO2/c1-5(6(12)13-3)11(2)4-7(8,9)10/h5H,4H2,1-3H3. The number of likely N-dealkylation sites (N-methyl/N-ethyl adjacent to an activating group) is 1. The molecule has 0 aliphatic carbocycles. The second-order valence-electron chi connectivity index (χ2n) is 2.73. The molecule has 0 amide bonds. The van der Waals surface area contributed by atoms with E-state index in [9.17, 15) is 18.0 Å². The molecule has 0 heterocycles. The van der Waals surface area contributed by atoms with Crippen molar-refractivity contribution in [2.45, 2.75) is 19.1 Å². The normalized spacial score (nSPS) is 14.4. The highest BCUT2D eigenvalue weighted by Gasteiger charge is 2.32. The van der Waals surface area contributed by atoms with Crippen LogP contribution in [-0.2, 0) is 9.53 Å². The Labute approximate surface area is 74.5 Å². The van der Waals surface area contributed by atoms with Gasteiger partial charge in [-0.3, -0.25) is 9.69 Å². The van der Waals surface area contributed by atoms with Gasteiger partial charge in [-0.1, -0.05) is 0 Å². The van der Waals surface area contributed by atoms with Gasteiger partial charge < -0.3 is 4.74 Å². The molecule has 3 nitrogen and oxygen atoms in total. The molecule has 6 heteroatoms. The topological polar surface area (TPSA) is 29.5 Å². The van der Waals surface area contributed by atoms with E-state index in [2.05, 4.69) is 4.74 Å². The van der Waals surface area contributed by atoms with Gasteiger partial charge in [0.15, 0.2) is 0 Å².